The Morgan fingerprint density at radius 2 is 2.24 bits per heavy atom. The minimum Gasteiger partial charge on any atom is -0.378 e. The first-order valence-corrected chi connectivity index (χ1v) is 6.83. The van der Waals surface area contributed by atoms with E-state index in [0.717, 1.165) is 12.1 Å². The predicted octanol–water partition coefficient (Wildman–Crippen LogP) is 3.21. The van der Waals surface area contributed by atoms with Gasteiger partial charge in [-0.1, -0.05) is 12.1 Å². The number of anilines is 1. The van der Waals surface area contributed by atoms with E-state index in [4.69, 9.17) is 0 Å². The van der Waals surface area contributed by atoms with Crippen molar-refractivity contribution in [1.82, 2.24) is 0 Å². The van der Waals surface area contributed by atoms with Crippen LogP contribution in [0.5, 0.6) is 0 Å². The quantitative estimate of drug-likeness (QED) is 0.645. The first kappa shape index (κ1) is 12.2. The summed E-state index contributed by atoms with van der Waals surface area (Å²) in [6.07, 6.45) is 4.49. The molecule has 5 heteroatoms. The van der Waals surface area contributed by atoms with E-state index in [-0.39, 0.29) is 10.6 Å². The van der Waals surface area contributed by atoms with Crippen molar-refractivity contribution < 1.29 is 4.92 Å². The lowest BCUT2D eigenvalue weighted by atomic mass is 10.1. The van der Waals surface area contributed by atoms with Crippen LogP contribution in [0.3, 0.4) is 0 Å². The third-order valence-electron chi connectivity index (χ3n) is 3.28. The highest BCUT2D eigenvalue weighted by atomic mass is 32.2. The smallest absolute Gasteiger partial charge is 0.292 e. The Kier molecular flexibility index (Phi) is 3.28. The Hall–Kier alpha value is -1.23. The Morgan fingerprint density at radius 1 is 1.53 bits per heavy atom. The zero-order valence-corrected chi connectivity index (χ0v) is 10.8. The molecule has 1 aromatic rings. The molecule has 1 aliphatic rings. The van der Waals surface area contributed by atoms with Crippen LogP contribution in [0.15, 0.2) is 18.2 Å². The first-order chi connectivity index (χ1) is 8.08. The second kappa shape index (κ2) is 4.56. The van der Waals surface area contributed by atoms with E-state index in [1.165, 1.54) is 12.8 Å². The fourth-order valence-electron chi connectivity index (χ4n) is 1.88. The van der Waals surface area contributed by atoms with Crippen molar-refractivity contribution in [3.63, 3.8) is 0 Å². The molecular weight excluding hydrogens is 236 g/mol. The van der Waals surface area contributed by atoms with Gasteiger partial charge in [0.15, 0.2) is 0 Å². The van der Waals surface area contributed by atoms with E-state index in [1.54, 1.807) is 12.1 Å². The molecule has 0 spiro atoms. The van der Waals surface area contributed by atoms with Crippen LogP contribution in [0.4, 0.5) is 11.4 Å². The molecule has 0 aromatic heterocycles. The fourth-order valence-corrected chi connectivity index (χ4v) is 2.60. The lowest BCUT2D eigenvalue weighted by Gasteiger charge is -2.15. The van der Waals surface area contributed by atoms with Crippen LogP contribution in [0, 0.1) is 17.0 Å². The number of nitrogens with one attached hydrogen (secondary N) is 1. The Bertz CT molecular complexity index is 444. The molecule has 0 heterocycles. The number of rotatable bonds is 5. The lowest BCUT2D eigenvalue weighted by molar-refractivity contribution is -0.384. The highest BCUT2D eigenvalue weighted by Crippen LogP contribution is 2.47. The molecule has 1 N–H and O–H groups in total. The molecule has 1 aromatic carbocycles. The van der Waals surface area contributed by atoms with Gasteiger partial charge in [0.2, 0.25) is 0 Å². The molecule has 0 unspecified atom stereocenters. The van der Waals surface area contributed by atoms with Crippen LogP contribution in [-0.4, -0.2) is 22.5 Å². The second-order valence-electron chi connectivity index (χ2n) is 4.47. The summed E-state index contributed by atoms with van der Waals surface area (Å²) < 4.78 is 0.302. The average molecular weight is 252 g/mol. The van der Waals surface area contributed by atoms with Gasteiger partial charge >= 0.3 is 0 Å². The predicted molar refractivity (Wildman–Crippen MR) is 71.8 cm³/mol. The maximum absolute atomic E-state index is 10.9. The molecule has 92 valence electrons. The number of hydrogen-bond donors (Lipinski definition) is 1. The third-order valence-corrected chi connectivity index (χ3v) is 4.69. The summed E-state index contributed by atoms with van der Waals surface area (Å²) in [5.74, 6) is 0. The van der Waals surface area contributed by atoms with E-state index >= 15 is 0 Å². The molecule has 0 bridgehead atoms. The molecule has 17 heavy (non-hydrogen) atoms. The number of aryl methyl sites for hydroxylation is 1. The number of hydrogen-bond acceptors (Lipinski definition) is 4. The summed E-state index contributed by atoms with van der Waals surface area (Å²) >= 11 is 1.85. The molecule has 2 rings (SSSR count). The van der Waals surface area contributed by atoms with Gasteiger partial charge in [-0.05, 0) is 31.6 Å². The largest absolute Gasteiger partial charge is 0.378 e. The van der Waals surface area contributed by atoms with Crippen molar-refractivity contribution in [2.75, 3.05) is 18.1 Å². The van der Waals surface area contributed by atoms with Crippen molar-refractivity contribution >= 4 is 23.1 Å². The summed E-state index contributed by atoms with van der Waals surface area (Å²) in [6, 6.07) is 5.17. The summed E-state index contributed by atoms with van der Waals surface area (Å²) in [4.78, 5) is 10.6. The highest BCUT2D eigenvalue weighted by Gasteiger charge is 2.41. The minimum atomic E-state index is -0.325. The van der Waals surface area contributed by atoms with Gasteiger partial charge in [-0.2, -0.15) is 11.8 Å². The number of nitro groups is 1. The molecule has 1 aliphatic carbocycles. The third kappa shape index (κ3) is 2.54. The Balaban J connectivity index is 2.17. The van der Waals surface area contributed by atoms with Crippen LogP contribution < -0.4 is 5.32 Å². The monoisotopic (exact) mass is 252 g/mol. The van der Waals surface area contributed by atoms with Gasteiger partial charge in [0.1, 0.15) is 5.69 Å². The van der Waals surface area contributed by atoms with E-state index in [9.17, 15) is 10.1 Å². The van der Waals surface area contributed by atoms with Crippen LogP contribution in [0.25, 0.3) is 0 Å². The van der Waals surface area contributed by atoms with Gasteiger partial charge in [0.25, 0.3) is 5.69 Å². The maximum Gasteiger partial charge on any atom is 0.292 e. The summed E-state index contributed by atoms with van der Waals surface area (Å²) in [5, 5.41) is 14.2. The zero-order chi connectivity index (χ0) is 12.5. The van der Waals surface area contributed by atoms with Gasteiger partial charge in [-0.25, -0.2) is 0 Å². The van der Waals surface area contributed by atoms with Crippen molar-refractivity contribution in [3.05, 3.63) is 33.9 Å². The van der Waals surface area contributed by atoms with Gasteiger partial charge in [0.05, 0.1) is 4.92 Å². The molecule has 0 aliphatic heterocycles. The number of para-hydroxylation sites is 1. The molecular formula is C12H16N2O2S. The van der Waals surface area contributed by atoms with Crippen molar-refractivity contribution in [3.8, 4) is 0 Å². The van der Waals surface area contributed by atoms with E-state index in [2.05, 4.69) is 11.6 Å². The van der Waals surface area contributed by atoms with Crippen molar-refractivity contribution in [1.29, 1.82) is 0 Å². The van der Waals surface area contributed by atoms with Crippen molar-refractivity contribution in [2.24, 2.45) is 0 Å². The van der Waals surface area contributed by atoms with Crippen LogP contribution in [0.1, 0.15) is 18.4 Å². The number of thioether (sulfide) groups is 1. The summed E-state index contributed by atoms with van der Waals surface area (Å²) in [5.41, 5.74) is 1.76. The van der Waals surface area contributed by atoms with E-state index in [0.29, 0.717) is 10.4 Å². The van der Waals surface area contributed by atoms with Crippen molar-refractivity contribution in [2.45, 2.75) is 24.5 Å². The molecule has 0 atom stereocenters. The molecule has 0 radical (unpaired) electrons. The van der Waals surface area contributed by atoms with Gasteiger partial charge in [-0.3, -0.25) is 10.1 Å². The minimum absolute atomic E-state index is 0.168. The van der Waals surface area contributed by atoms with Crippen LogP contribution >= 0.6 is 11.8 Å². The Labute approximate surface area is 105 Å². The fraction of sp³-hybridized carbons (Fsp3) is 0.500. The lowest BCUT2D eigenvalue weighted by Crippen LogP contribution is -2.18. The highest BCUT2D eigenvalue weighted by molar-refractivity contribution is 8.00. The zero-order valence-electron chi connectivity index (χ0n) is 10.0. The number of benzene rings is 1. The molecule has 0 saturated heterocycles. The van der Waals surface area contributed by atoms with Crippen LogP contribution in [-0.2, 0) is 0 Å². The normalized spacial score (nSPS) is 16.6. The van der Waals surface area contributed by atoms with Gasteiger partial charge in [0, 0.05) is 17.4 Å². The Morgan fingerprint density at radius 3 is 2.76 bits per heavy atom. The standard InChI is InChI=1S/C12H16N2O2S/c1-9-4-3-5-10(14(15)16)11(9)13-8-12(17-2)6-7-12/h3-5,13H,6-8H2,1-2H3. The number of nitro benzene ring substituents is 1. The van der Waals surface area contributed by atoms with E-state index in [1.807, 2.05) is 24.8 Å². The SMILES string of the molecule is CSC1(CNc2c(C)cccc2[N+](=O)[O-])CC1. The van der Waals surface area contributed by atoms with E-state index < -0.39 is 0 Å². The molecule has 1 saturated carbocycles. The van der Waals surface area contributed by atoms with Crippen LogP contribution in [0.2, 0.25) is 0 Å². The topological polar surface area (TPSA) is 55.2 Å². The molecule has 0 amide bonds. The summed E-state index contributed by atoms with van der Waals surface area (Å²) in [6.45, 7) is 2.70. The van der Waals surface area contributed by atoms with Gasteiger partial charge < -0.3 is 5.32 Å². The second-order valence-corrected chi connectivity index (χ2v) is 5.74. The molecule has 1 fully saturated rings. The van der Waals surface area contributed by atoms with Gasteiger partial charge in [-0.15, -0.1) is 0 Å². The summed E-state index contributed by atoms with van der Waals surface area (Å²) in [7, 11) is 0. The average Bonchev–Trinajstić information content (AvgIpc) is 3.08. The maximum atomic E-state index is 10.9. The molecule has 4 nitrogen and oxygen atoms in total. The first-order valence-electron chi connectivity index (χ1n) is 5.61. The number of nitrogens with zero attached hydrogens (tertiary/aromatic N) is 1.